The first kappa shape index (κ1) is 25.6. The zero-order chi connectivity index (χ0) is 26.8. The van der Waals surface area contributed by atoms with Crippen LogP contribution < -0.4 is 5.32 Å². The summed E-state index contributed by atoms with van der Waals surface area (Å²) in [6, 6.07) is 16.6. The molecule has 2 aliphatic rings. The first-order chi connectivity index (χ1) is 19.0. The third kappa shape index (κ3) is 5.55. The average molecular weight is 546 g/mol. The van der Waals surface area contributed by atoms with Gasteiger partial charge in [0.1, 0.15) is 11.3 Å². The van der Waals surface area contributed by atoms with Crippen LogP contribution in [0.3, 0.4) is 0 Å². The maximum Gasteiger partial charge on any atom is 0.407 e. The molecule has 1 saturated carbocycles. The Labute approximate surface area is 232 Å². The number of carbonyl (C=O) groups is 1. The minimum atomic E-state index is -0.833. The molecule has 3 aromatic heterocycles. The van der Waals surface area contributed by atoms with Crippen LogP contribution in [0.15, 0.2) is 67.1 Å². The van der Waals surface area contributed by atoms with E-state index in [1.165, 1.54) is 5.56 Å². The Balaban J connectivity index is 1.15. The zero-order valence-corrected chi connectivity index (χ0v) is 22.4. The summed E-state index contributed by atoms with van der Waals surface area (Å²) in [4.78, 5) is 29.8. The van der Waals surface area contributed by atoms with Crippen LogP contribution in [0.1, 0.15) is 31.2 Å². The number of nitrogens with one attached hydrogen (secondary N) is 1. The Kier molecular flexibility index (Phi) is 7.34. The van der Waals surface area contributed by atoms with Crippen molar-refractivity contribution in [3.8, 4) is 11.4 Å². The van der Waals surface area contributed by atoms with Gasteiger partial charge in [-0.05, 0) is 49.8 Å². The Morgan fingerprint density at radius 3 is 2.74 bits per heavy atom. The molecular formula is C29H32ClN7O2. The van der Waals surface area contributed by atoms with Crippen molar-refractivity contribution in [3.63, 3.8) is 0 Å². The van der Waals surface area contributed by atoms with Crippen molar-refractivity contribution in [2.75, 3.05) is 25.0 Å². The highest BCUT2D eigenvalue weighted by molar-refractivity contribution is 6.32. The van der Waals surface area contributed by atoms with Crippen molar-refractivity contribution < 1.29 is 9.90 Å². The molecule has 0 bridgehead atoms. The Hall–Kier alpha value is -3.69. The van der Waals surface area contributed by atoms with Crippen LogP contribution in [-0.4, -0.2) is 78.1 Å². The zero-order valence-electron chi connectivity index (χ0n) is 21.7. The van der Waals surface area contributed by atoms with Crippen molar-refractivity contribution >= 4 is 29.3 Å². The van der Waals surface area contributed by atoms with Gasteiger partial charge < -0.3 is 15.3 Å². The quantitative estimate of drug-likeness (QED) is 0.349. The molecule has 1 aliphatic carbocycles. The second-order valence-electron chi connectivity index (χ2n) is 10.4. The number of aromatic nitrogens is 4. The van der Waals surface area contributed by atoms with Crippen LogP contribution in [0.2, 0.25) is 5.02 Å². The Bertz CT molecular complexity index is 1450. The van der Waals surface area contributed by atoms with Crippen LogP contribution in [0, 0.1) is 0 Å². The van der Waals surface area contributed by atoms with E-state index in [0.717, 1.165) is 56.5 Å². The molecule has 2 N–H and O–H groups in total. The van der Waals surface area contributed by atoms with Gasteiger partial charge in [0.05, 0.1) is 29.2 Å². The summed E-state index contributed by atoms with van der Waals surface area (Å²) < 4.78 is 1.97. The fraction of sp³-hybridized carbons (Fsp3) is 0.379. The van der Waals surface area contributed by atoms with Crippen molar-refractivity contribution in [2.45, 2.75) is 50.2 Å². The molecule has 0 spiro atoms. The van der Waals surface area contributed by atoms with Gasteiger partial charge in [0.15, 0.2) is 0 Å². The lowest BCUT2D eigenvalue weighted by Crippen LogP contribution is -2.58. The highest BCUT2D eigenvalue weighted by atomic mass is 35.5. The number of fused-ring (bicyclic) bond motifs is 1. The Morgan fingerprint density at radius 1 is 1.05 bits per heavy atom. The summed E-state index contributed by atoms with van der Waals surface area (Å²) in [5.74, 6) is 0.559. The number of halogens is 1. The predicted octanol–water partition coefficient (Wildman–Crippen LogP) is 5.07. The molecule has 1 amide bonds. The van der Waals surface area contributed by atoms with Gasteiger partial charge in [-0.2, -0.15) is 0 Å². The van der Waals surface area contributed by atoms with Crippen molar-refractivity contribution in [1.82, 2.24) is 29.2 Å². The number of anilines is 1. The predicted molar refractivity (Wildman–Crippen MR) is 151 cm³/mol. The number of hydrogen-bond acceptors (Lipinski definition) is 6. The Morgan fingerprint density at radius 2 is 1.90 bits per heavy atom. The highest BCUT2D eigenvalue weighted by Gasteiger charge is 2.35. The number of nitrogens with zero attached hydrogens (tertiary/aromatic N) is 6. The molecule has 4 heterocycles. The van der Waals surface area contributed by atoms with E-state index in [2.05, 4.69) is 32.3 Å². The molecule has 9 nitrogen and oxygen atoms in total. The molecule has 4 aromatic rings. The van der Waals surface area contributed by atoms with E-state index in [-0.39, 0.29) is 12.1 Å². The first-order valence-electron chi connectivity index (χ1n) is 13.5. The van der Waals surface area contributed by atoms with Crippen LogP contribution in [-0.2, 0) is 6.42 Å². The monoisotopic (exact) mass is 545 g/mol. The van der Waals surface area contributed by atoms with E-state index in [9.17, 15) is 9.90 Å². The molecule has 1 aliphatic heterocycles. The summed E-state index contributed by atoms with van der Waals surface area (Å²) >= 11 is 6.51. The third-order valence-electron chi connectivity index (χ3n) is 7.97. The average Bonchev–Trinajstić information content (AvgIpc) is 3.39. The maximum absolute atomic E-state index is 12.0. The lowest BCUT2D eigenvalue weighted by molar-refractivity contribution is 0.0371. The molecule has 1 aromatic carbocycles. The summed E-state index contributed by atoms with van der Waals surface area (Å²) in [5.41, 5.74) is 3.47. The summed E-state index contributed by atoms with van der Waals surface area (Å²) in [5, 5.41) is 13.9. The molecule has 39 heavy (non-hydrogen) atoms. The van der Waals surface area contributed by atoms with Crippen molar-refractivity contribution in [3.05, 3.63) is 77.7 Å². The topological polar surface area (TPSA) is 98.9 Å². The standard InChI is InChI=1S/C29H32ClN7O2/c30-24-17-32-28(34-27(24)25-18-31-26-11-4-5-12-37(25)26)33-21-9-6-10-22(16-21)35-13-14-36(29(38)39)23(19-35)15-20-7-2-1-3-8-20/h1-5,7-8,11-12,17-18,21-23H,6,9-10,13-16,19H2,(H,38,39)(H,32,33,34)/t21-,22+,23?/m1/s1. The summed E-state index contributed by atoms with van der Waals surface area (Å²) in [6.07, 6.45) is 9.47. The number of amides is 1. The number of piperazine rings is 1. The van der Waals surface area contributed by atoms with Crippen molar-refractivity contribution in [1.29, 1.82) is 0 Å². The minimum absolute atomic E-state index is 0.0559. The van der Waals surface area contributed by atoms with Gasteiger partial charge in [-0.25, -0.2) is 19.7 Å². The molecule has 0 radical (unpaired) electrons. The van der Waals surface area contributed by atoms with Gasteiger partial charge in [-0.3, -0.25) is 9.30 Å². The number of carboxylic acid groups (broad SMARTS) is 1. The lowest BCUT2D eigenvalue weighted by atomic mass is 9.89. The van der Waals surface area contributed by atoms with Crippen LogP contribution >= 0.6 is 11.6 Å². The van der Waals surface area contributed by atoms with Crippen molar-refractivity contribution in [2.24, 2.45) is 0 Å². The molecule has 3 atom stereocenters. The second-order valence-corrected chi connectivity index (χ2v) is 10.8. The molecule has 10 heteroatoms. The van der Waals surface area contributed by atoms with Crippen LogP contribution in [0.5, 0.6) is 0 Å². The molecule has 202 valence electrons. The van der Waals surface area contributed by atoms with E-state index in [0.29, 0.717) is 29.3 Å². The highest BCUT2D eigenvalue weighted by Crippen LogP contribution is 2.30. The smallest absolute Gasteiger partial charge is 0.407 e. The first-order valence-corrected chi connectivity index (χ1v) is 13.9. The largest absolute Gasteiger partial charge is 0.465 e. The van der Waals surface area contributed by atoms with E-state index in [1.807, 2.05) is 47.0 Å². The molecule has 1 unspecified atom stereocenters. The lowest BCUT2D eigenvalue weighted by Gasteiger charge is -2.45. The van der Waals surface area contributed by atoms with Gasteiger partial charge in [0.2, 0.25) is 5.95 Å². The number of pyridine rings is 1. The molecule has 2 fully saturated rings. The normalized spacial score (nSPS) is 22.2. The second kappa shape index (κ2) is 11.2. The van der Waals surface area contributed by atoms with E-state index < -0.39 is 6.09 Å². The van der Waals surface area contributed by atoms with Gasteiger partial charge >= 0.3 is 6.09 Å². The van der Waals surface area contributed by atoms with E-state index in [4.69, 9.17) is 16.6 Å². The van der Waals surface area contributed by atoms with E-state index in [1.54, 1.807) is 17.3 Å². The van der Waals surface area contributed by atoms with Gasteiger partial charge in [0.25, 0.3) is 0 Å². The number of benzene rings is 1. The fourth-order valence-corrected chi connectivity index (χ4v) is 6.24. The fourth-order valence-electron chi connectivity index (χ4n) is 6.06. The number of imidazole rings is 1. The number of hydrogen-bond donors (Lipinski definition) is 2. The van der Waals surface area contributed by atoms with Gasteiger partial charge in [-0.1, -0.05) is 48.0 Å². The molecule has 1 saturated heterocycles. The number of rotatable bonds is 6. The SMILES string of the molecule is O=C(O)N1CCN([C@H]2CCC[C@@H](Nc3ncc(Cl)c(-c4cnc5ccccn45)n3)C2)CC1Cc1ccccc1. The molecular weight excluding hydrogens is 514 g/mol. The van der Waals surface area contributed by atoms with E-state index >= 15 is 0 Å². The van der Waals surface area contributed by atoms with Crippen LogP contribution in [0.4, 0.5) is 10.7 Å². The summed E-state index contributed by atoms with van der Waals surface area (Å²) in [6.45, 7) is 2.03. The molecule has 6 rings (SSSR count). The maximum atomic E-state index is 12.0. The van der Waals surface area contributed by atoms with Gasteiger partial charge in [-0.15, -0.1) is 0 Å². The van der Waals surface area contributed by atoms with Gasteiger partial charge in [0, 0.05) is 37.9 Å². The van der Waals surface area contributed by atoms with Crippen LogP contribution in [0.25, 0.3) is 17.0 Å². The summed E-state index contributed by atoms with van der Waals surface area (Å²) in [7, 11) is 0. The third-order valence-corrected chi connectivity index (χ3v) is 8.25. The minimum Gasteiger partial charge on any atom is -0.465 e.